The van der Waals surface area contributed by atoms with Crippen molar-refractivity contribution in [2.24, 2.45) is 17.8 Å². The minimum atomic E-state index is 0.0252. The number of hydrogen-bond acceptors (Lipinski definition) is 3. The van der Waals surface area contributed by atoms with Crippen LogP contribution in [0.2, 0.25) is 0 Å². The van der Waals surface area contributed by atoms with E-state index in [4.69, 9.17) is 12.2 Å². The molecule has 2 aromatic rings. The van der Waals surface area contributed by atoms with E-state index in [-0.39, 0.29) is 5.91 Å². The van der Waals surface area contributed by atoms with Crippen LogP contribution in [0.1, 0.15) is 68.0 Å². The highest BCUT2D eigenvalue weighted by Crippen LogP contribution is 2.60. The number of thioether (sulfide) groups is 1. The van der Waals surface area contributed by atoms with Gasteiger partial charge in [0.1, 0.15) is 4.32 Å². The largest absolute Gasteiger partial charge is 0.318 e. The molecule has 1 aromatic carbocycles. The lowest BCUT2D eigenvalue weighted by Gasteiger charge is -2.57. The molecule has 0 N–H and O–H groups in total. The Morgan fingerprint density at radius 1 is 1.06 bits per heavy atom. The first kappa shape index (κ1) is 21.7. The summed E-state index contributed by atoms with van der Waals surface area (Å²) < 4.78 is 2.97. The molecule has 0 spiro atoms. The van der Waals surface area contributed by atoms with E-state index < -0.39 is 0 Å². The summed E-state index contributed by atoms with van der Waals surface area (Å²) in [6.45, 7) is 6.88. The summed E-state index contributed by atoms with van der Waals surface area (Å²) in [7, 11) is 0. The maximum atomic E-state index is 12.7. The average molecular weight is 477 g/mol. The molecule has 0 unspecified atom stereocenters. The fourth-order valence-corrected chi connectivity index (χ4v) is 9.05. The van der Waals surface area contributed by atoms with Crippen molar-refractivity contribution in [3.05, 3.63) is 57.8 Å². The molecule has 4 bridgehead atoms. The molecule has 7 rings (SSSR count). The molecule has 5 aliphatic rings. The molecular weight excluding hydrogens is 444 g/mol. The third kappa shape index (κ3) is 3.46. The highest BCUT2D eigenvalue weighted by Gasteiger charge is 2.51. The van der Waals surface area contributed by atoms with E-state index in [9.17, 15) is 4.79 Å². The first-order valence-electron chi connectivity index (χ1n) is 12.4. The third-order valence-corrected chi connectivity index (χ3v) is 10.1. The van der Waals surface area contributed by atoms with Gasteiger partial charge in [0.2, 0.25) is 0 Å². The van der Waals surface area contributed by atoms with E-state index in [1.54, 1.807) is 10.5 Å². The molecular formula is C28H32N2OS2. The zero-order valence-corrected chi connectivity index (χ0v) is 21.4. The summed E-state index contributed by atoms with van der Waals surface area (Å²) in [6.07, 6.45) is 10.7. The first-order valence-corrected chi connectivity index (χ1v) is 13.6. The van der Waals surface area contributed by atoms with Crippen LogP contribution in [0.15, 0.2) is 35.2 Å². The lowest BCUT2D eigenvalue weighted by Crippen LogP contribution is -2.48. The van der Waals surface area contributed by atoms with Crippen molar-refractivity contribution < 1.29 is 4.79 Å². The predicted molar refractivity (Wildman–Crippen MR) is 141 cm³/mol. The van der Waals surface area contributed by atoms with Crippen LogP contribution in [0.4, 0.5) is 0 Å². The van der Waals surface area contributed by atoms with Gasteiger partial charge in [-0.2, -0.15) is 0 Å². The Kier molecular flexibility index (Phi) is 5.15. The zero-order chi connectivity index (χ0) is 22.9. The Morgan fingerprint density at radius 3 is 2.21 bits per heavy atom. The highest BCUT2D eigenvalue weighted by atomic mass is 32.2. The quantitative estimate of drug-likeness (QED) is 0.359. The number of amides is 1. The third-order valence-electron chi connectivity index (χ3n) is 8.72. The Labute approximate surface area is 206 Å². The van der Waals surface area contributed by atoms with Gasteiger partial charge in [0.05, 0.1) is 4.91 Å². The summed E-state index contributed by atoms with van der Waals surface area (Å²) >= 11 is 6.79. The van der Waals surface area contributed by atoms with Gasteiger partial charge in [0, 0.05) is 23.6 Å². The molecule has 172 valence electrons. The van der Waals surface area contributed by atoms with Crippen LogP contribution in [0.5, 0.6) is 0 Å². The molecule has 5 fully saturated rings. The lowest BCUT2D eigenvalue weighted by atomic mass is 9.48. The number of benzene rings is 1. The molecule has 1 saturated heterocycles. The van der Waals surface area contributed by atoms with Gasteiger partial charge in [-0.05, 0) is 118 Å². The molecule has 1 aliphatic heterocycles. The molecule has 0 atom stereocenters. The van der Waals surface area contributed by atoms with Crippen LogP contribution in [-0.2, 0) is 10.2 Å². The Bertz CT molecular complexity index is 1140. The van der Waals surface area contributed by atoms with Crippen molar-refractivity contribution in [1.29, 1.82) is 0 Å². The molecule has 1 aromatic heterocycles. The maximum Gasteiger partial charge on any atom is 0.266 e. The van der Waals surface area contributed by atoms with Crippen molar-refractivity contribution in [3.63, 3.8) is 0 Å². The second-order valence-electron chi connectivity index (χ2n) is 10.8. The van der Waals surface area contributed by atoms with Crippen molar-refractivity contribution in [2.45, 2.75) is 64.7 Å². The minimum absolute atomic E-state index is 0.0252. The second-order valence-corrected chi connectivity index (χ2v) is 12.5. The summed E-state index contributed by atoms with van der Waals surface area (Å²) in [5, 5.41) is 0. The molecule has 3 nitrogen and oxygen atoms in total. The zero-order valence-electron chi connectivity index (χ0n) is 19.8. The van der Waals surface area contributed by atoms with Crippen molar-refractivity contribution in [1.82, 2.24) is 9.47 Å². The normalized spacial score (nSPS) is 31.9. The van der Waals surface area contributed by atoms with E-state index in [1.165, 1.54) is 61.7 Å². The summed E-state index contributed by atoms with van der Waals surface area (Å²) in [6, 6.07) is 11.6. The molecule has 2 heterocycles. The summed E-state index contributed by atoms with van der Waals surface area (Å²) in [4.78, 5) is 15.1. The standard InChI is InChI=1S/C28H32N2OS2/c1-4-29-26(31)25(33-27(29)32)13-22-9-17(2)30(18(22)3)24-7-5-23(6-8-24)28-14-19-10-20(15-28)12-21(11-19)16-28/h5-9,13,19-21H,4,10-12,14-16H2,1-3H3. The monoisotopic (exact) mass is 476 g/mol. The number of nitrogens with zero attached hydrogens (tertiary/aromatic N) is 2. The van der Waals surface area contributed by atoms with E-state index in [2.05, 4.69) is 48.7 Å². The SMILES string of the molecule is CCN1C(=O)C(=Cc2cc(C)n(-c3ccc(C45CC6CC(CC(C6)C4)C5)cc3)c2C)SC1=S. The molecule has 33 heavy (non-hydrogen) atoms. The van der Waals surface area contributed by atoms with Crippen LogP contribution < -0.4 is 0 Å². The van der Waals surface area contributed by atoms with Gasteiger partial charge in [-0.1, -0.05) is 36.1 Å². The van der Waals surface area contributed by atoms with Gasteiger partial charge in [-0.25, -0.2) is 0 Å². The summed E-state index contributed by atoms with van der Waals surface area (Å²) in [5.41, 5.74) is 6.65. The fraction of sp³-hybridized carbons (Fsp3) is 0.500. The number of rotatable bonds is 4. The smallest absolute Gasteiger partial charge is 0.266 e. The van der Waals surface area contributed by atoms with Crippen LogP contribution in [-0.4, -0.2) is 26.2 Å². The van der Waals surface area contributed by atoms with Crippen molar-refractivity contribution in [3.8, 4) is 5.69 Å². The van der Waals surface area contributed by atoms with E-state index in [1.807, 2.05) is 13.0 Å². The first-order chi connectivity index (χ1) is 15.9. The van der Waals surface area contributed by atoms with Gasteiger partial charge >= 0.3 is 0 Å². The maximum absolute atomic E-state index is 12.7. The molecule has 1 amide bonds. The number of likely N-dealkylation sites (N-methyl/N-ethyl adjacent to an activating group) is 1. The van der Waals surface area contributed by atoms with Crippen LogP contribution in [0.3, 0.4) is 0 Å². The minimum Gasteiger partial charge on any atom is -0.318 e. The van der Waals surface area contributed by atoms with Crippen LogP contribution in [0, 0.1) is 31.6 Å². The van der Waals surface area contributed by atoms with Crippen molar-refractivity contribution in [2.75, 3.05) is 6.54 Å². The predicted octanol–water partition coefficient (Wildman–Crippen LogP) is 6.78. The number of carbonyl (C=O) groups excluding carboxylic acids is 1. The number of aryl methyl sites for hydroxylation is 1. The van der Waals surface area contributed by atoms with Gasteiger partial charge in [-0.3, -0.25) is 9.69 Å². The Morgan fingerprint density at radius 2 is 1.67 bits per heavy atom. The van der Waals surface area contributed by atoms with E-state index in [0.717, 1.165) is 33.9 Å². The Balaban J connectivity index is 1.30. The summed E-state index contributed by atoms with van der Waals surface area (Å²) in [5.74, 6) is 2.92. The number of thiocarbonyl (C=S) groups is 1. The van der Waals surface area contributed by atoms with E-state index in [0.29, 0.717) is 16.3 Å². The molecule has 4 aliphatic carbocycles. The number of hydrogen-bond donors (Lipinski definition) is 0. The van der Waals surface area contributed by atoms with E-state index >= 15 is 0 Å². The molecule has 5 heteroatoms. The highest BCUT2D eigenvalue weighted by molar-refractivity contribution is 8.26. The number of carbonyl (C=O) groups is 1. The van der Waals surface area contributed by atoms with Gasteiger partial charge < -0.3 is 4.57 Å². The molecule has 0 radical (unpaired) electrons. The Hall–Kier alpha value is -1.85. The lowest BCUT2D eigenvalue weighted by molar-refractivity contribution is -0.121. The topological polar surface area (TPSA) is 25.2 Å². The van der Waals surface area contributed by atoms with Gasteiger partial charge in [0.25, 0.3) is 5.91 Å². The number of aromatic nitrogens is 1. The van der Waals surface area contributed by atoms with Gasteiger partial charge in [0.15, 0.2) is 0 Å². The van der Waals surface area contributed by atoms with Crippen molar-refractivity contribution >= 4 is 40.3 Å². The second kappa shape index (κ2) is 7.84. The van der Waals surface area contributed by atoms with Crippen LogP contribution >= 0.6 is 24.0 Å². The molecule has 4 saturated carbocycles. The fourth-order valence-electron chi connectivity index (χ4n) is 7.67. The average Bonchev–Trinajstić information content (AvgIpc) is 3.20. The van der Waals surface area contributed by atoms with Gasteiger partial charge in [-0.15, -0.1) is 0 Å². The van der Waals surface area contributed by atoms with Crippen LogP contribution in [0.25, 0.3) is 11.8 Å².